The maximum absolute atomic E-state index is 14.0. The van der Waals surface area contributed by atoms with Crippen molar-refractivity contribution < 1.29 is 13.2 Å². The monoisotopic (exact) mass is 374 g/mol. The molecule has 1 fully saturated rings. The molecule has 0 aromatic heterocycles. The van der Waals surface area contributed by atoms with E-state index in [-0.39, 0.29) is 5.56 Å². The molecule has 2 aromatic carbocycles. The molecule has 1 aliphatic rings. The van der Waals surface area contributed by atoms with Crippen molar-refractivity contribution in [2.75, 3.05) is 0 Å². The number of hydrogen-bond acceptors (Lipinski definition) is 0. The van der Waals surface area contributed by atoms with Crippen molar-refractivity contribution in [3.63, 3.8) is 0 Å². The summed E-state index contributed by atoms with van der Waals surface area (Å²) < 4.78 is 40.5. The van der Waals surface area contributed by atoms with Crippen LogP contribution in [0.25, 0.3) is 11.1 Å². The molecular formula is C24H29F3. The van der Waals surface area contributed by atoms with Crippen molar-refractivity contribution in [3.05, 3.63) is 59.4 Å². The Kier molecular flexibility index (Phi) is 6.98. The van der Waals surface area contributed by atoms with Gasteiger partial charge in [0.2, 0.25) is 0 Å². The van der Waals surface area contributed by atoms with E-state index >= 15 is 0 Å². The van der Waals surface area contributed by atoms with Crippen molar-refractivity contribution in [3.8, 4) is 11.1 Å². The lowest BCUT2D eigenvalue weighted by Gasteiger charge is -2.29. The second-order valence-electron chi connectivity index (χ2n) is 7.94. The van der Waals surface area contributed by atoms with Gasteiger partial charge in [0, 0.05) is 11.6 Å². The molecule has 0 amide bonds. The van der Waals surface area contributed by atoms with Crippen LogP contribution in [0.3, 0.4) is 0 Å². The van der Waals surface area contributed by atoms with Gasteiger partial charge in [0.1, 0.15) is 5.82 Å². The van der Waals surface area contributed by atoms with Crippen LogP contribution < -0.4 is 0 Å². The first kappa shape index (κ1) is 20.0. The van der Waals surface area contributed by atoms with E-state index in [4.69, 9.17) is 0 Å². The standard InChI is InChI=1S/C24H29F3/c1-2-3-4-5-6-17-7-9-18(10-8-17)19-11-13-20(14-12-19)21-15-23(26)24(27)16-22(21)25/h11-18H,2-10H2,1H3. The maximum atomic E-state index is 14.0. The first-order chi connectivity index (χ1) is 13.1. The maximum Gasteiger partial charge on any atom is 0.161 e. The smallest absolute Gasteiger partial charge is 0.161 e. The zero-order valence-electron chi connectivity index (χ0n) is 16.1. The van der Waals surface area contributed by atoms with Crippen LogP contribution in [0.1, 0.15) is 76.2 Å². The van der Waals surface area contributed by atoms with E-state index in [0.29, 0.717) is 17.5 Å². The third-order valence-electron chi connectivity index (χ3n) is 6.02. The summed E-state index contributed by atoms with van der Waals surface area (Å²) in [5.41, 5.74) is 1.96. The first-order valence-electron chi connectivity index (χ1n) is 10.3. The zero-order valence-corrected chi connectivity index (χ0v) is 16.1. The van der Waals surface area contributed by atoms with E-state index in [1.54, 1.807) is 0 Å². The van der Waals surface area contributed by atoms with Crippen LogP contribution in [-0.4, -0.2) is 0 Å². The van der Waals surface area contributed by atoms with Crippen molar-refractivity contribution in [1.29, 1.82) is 0 Å². The summed E-state index contributed by atoms with van der Waals surface area (Å²) in [5.74, 6) is -1.48. The summed E-state index contributed by atoms with van der Waals surface area (Å²) in [4.78, 5) is 0. The molecule has 0 radical (unpaired) electrons. The second kappa shape index (κ2) is 9.43. The van der Waals surface area contributed by atoms with E-state index in [0.717, 1.165) is 12.0 Å². The van der Waals surface area contributed by atoms with E-state index in [1.807, 2.05) is 24.3 Å². The summed E-state index contributed by atoms with van der Waals surface area (Å²) in [5, 5.41) is 0. The largest absolute Gasteiger partial charge is 0.206 e. The molecule has 0 spiro atoms. The molecule has 1 saturated carbocycles. The van der Waals surface area contributed by atoms with Gasteiger partial charge in [0.05, 0.1) is 0 Å². The number of unbranched alkanes of at least 4 members (excludes halogenated alkanes) is 3. The quantitative estimate of drug-likeness (QED) is 0.340. The average molecular weight is 374 g/mol. The highest BCUT2D eigenvalue weighted by Gasteiger charge is 2.22. The van der Waals surface area contributed by atoms with Gasteiger partial charge in [-0.15, -0.1) is 0 Å². The van der Waals surface area contributed by atoms with Crippen LogP contribution in [0.4, 0.5) is 13.2 Å². The molecule has 0 heterocycles. The number of halogens is 3. The predicted octanol–water partition coefficient (Wildman–Crippen LogP) is 8.02. The van der Waals surface area contributed by atoms with Crippen LogP contribution in [0.2, 0.25) is 0 Å². The third kappa shape index (κ3) is 5.15. The van der Waals surface area contributed by atoms with Gasteiger partial charge in [-0.3, -0.25) is 0 Å². The summed E-state index contributed by atoms with van der Waals surface area (Å²) in [6.07, 6.45) is 11.7. The highest BCUT2D eigenvalue weighted by atomic mass is 19.2. The molecule has 27 heavy (non-hydrogen) atoms. The Morgan fingerprint density at radius 1 is 0.778 bits per heavy atom. The molecule has 0 N–H and O–H groups in total. The average Bonchev–Trinajstić information content (AvgIpc) is 2.69. The number of hydrogen-bond donors (Lipinski definition) is 0. The van der Waals surface area contributed by atoms with Gasteiger partial charge in [0.25, 0.3) is 0 Å². The highest BCUT2D eigenvalue weighted by molar-refractivity contribution is 5.64. The van der Waals surface area contributed by atoms with Gasteiger partial charge in [-0.1, -0.05) is 63.3 Å². The molecule has 0 aliphatic heterocycles. The summed E-state index contributed by atoms with van der Waals surface area (Å²) in [7, 11) is 0. The third-order valence-corrected chi connectivity index (χ3v) is 6.02. The molecule has 146 valence electrons. The molecular weight excluding hydrogens is 345 g/mol. The van der Waals surface area contributed by atoms with Crippen molar-refractivity contribution in [2.45, 2.75) is 70.6 Å². The molecule has 0 nitrogen and oxygen atoms in total. The van der Waals surface area contributed by atoms with Gasteiger partial charge in [-0.2, -0.15) is 0 Å². The van der Waals surface area contributed by atoms with Crippen molar-refractivity contribution in [1.82, 2.24) is 0 Å². The Bertz CT molecular complexity index is 728. The summed E-state index contributed by atoms with van der Waals surface area (Å²) >= 11 is 0. The Hall–Kier alpha value is -1.77. The Morgan fingerprint density at radius 2 is 1.44 bits per heavy atom. The molecule has 0 bridgehead atoms. The Balaban J connectivity index is 1.58. The second-order valence-corrected chi connectivity index (χ2v) is 7.94. The van der Waals surface area contributed by atoms with Gasteiger partial charge >= 0.3 is 0 Å². The van der Waals surface area contributed by atoms with E-state index in [9.17, 15) is 13.2 Å². The van der Waals surface area contributed by atoms with Crippen LogP contribution in [0, 0.1) is 23.4 Å². The van der Waals surface area contributed by atoms with Gasteiger partial charge in [0.15, 0.2) is 11.6 Å². The molecule has 1 aliphatic carbocycles. The lowest BCUT2D eigenvalue weighted by molar-refractivity contribution is 0.302. The van der Waals surface area contributed by atoms with Crippen molar-refractivity contribution >= 4 is 0 Å². The Morgan fingerprint density at radius 3 is 2.11 bits per heavy atom. The molecule has 0 atom stereocenters. The normalized spacial score (nSPS) is 20.0. The number of benzene rings is 2. The predicted molar refractivity (Wildman–Crippen MR) is 105 cm³/mol. The molecule has 3 heteroatoms. The SMILES string of the molecule is CCCCCCC1CCC(c2ccc(-c3cc(F)c(F)cc3F)cc2)CC1. The zero-order chi connectivity index (χ0) is 19.2. The fourth-order valence-corrected chi connectivity index (χ4v) is 4.32. The highest BCUT2D eigenvalue weighted by Crippen LogP contribution is 2.38. The lowest BCUT2D eigenvalue weighted by Crippen LogP contribution is -2.13. The molecule has 3 rings (SSSR count). The van der Waals surface area contributed by atoms with Crippen LogP contribution >= 0.6 is 0 Å². The van der Waals surface area contributed by atoms with Crippen LogP contribution in [0.15, 0.2) is 36.4 Å². The van der Waals surface area contributed by atoms with Crippen LogP contribution in [0.5, 0.6) is 0 Å². The minimum atomic E-state index is -1.15. The van der Waals surface area contributed by atoms with E-state index in [2.05, 4.69) is 6.92 Å². The molecule has 0 unspecified atom stereocenters. The molecule has 0 saturated heterocycles. The molecule has 2 aromatic rings. The topological polar surface area (TPSA) is 0 Å². The van der Waals surface area contributed by atoms with Crippen molar-refractivity contribution in [2.24, 2.45) is 5.92 Å². The van der Waals surface area contributed by atoms with Crippen LogP contribution in [-0.2, 0) is 0 Å². The summed E-state index contributed by atoms with van der Waals surface area (Å²) in [6.45, 7) is 2.25. The number of rotatable bonds is 7. The fraction of sp³-hybridized carbons (Fsp3) is 0.500. The minimum absolute atomic E-state index is 0.108. The van der Waals surface area contributed by atoms with Gasteiger partial charge in [-0.05, 0) is 54.7 Å². The lowest BCUT2D eigenvalue weighted by atomic mass is 9.77. The fourth-order valence-electron chi connectivity index (χ4n) is 4.32. The van der Waals surface area contributed by atoms with Gasteiger partial charge < -0.3 is 0 Å². The Labute approximate surface area is 160 Å². The van der Waals surface area contributed by atoms with E-state index < -0.39 is 17.5 Å². The van der Waals surface area contributed by atoms with E-state index in [1.165, 1.54) is 63.4 Å². The minimum Gasteiger partial charge on any atom is -0.206 e. The first-order valence-corrected chi connectivity index (χ1v) is 10.3. The summed E-state index contributed by atoms with van der Waals surface area (Å²) in [6, 6.07) is 9.22. The van der Waals surface area contributed by atoms with Gasteiger partial charge in [-0.25, -0.2) is 13.2 Å².